The molecule has 0 radical (unpaired) electrons. The number of hydrogen-bond donors (Lipinski definition) is 2. The minimum Gasteiger partial charge on any atom is -0.478 e. The lowest BCUT2D eigenvalue weighted by atomic mass is 9.92. The number of ether oxygens (including phenoxy) is 2. The molecule has 5 heteroatoms. The van der Waals surface area contributed by atoms with E-state index in [-0.39, 0.29) is 12.0 Å². The Morgan fingerprint density at radius 3 is 2.80 bits per heavy atom. The van der Waals surface area contributed by atoms with E-state index >= 15 is 0 Å². The molecule has 1 heterocycles. The molecule has 3 unspecified atom stereocenters. The van der Waals surface area contributed by atoms with Crippen LogP contribution in [0.1, 0.15) is 20.3 Å². The minimum absolute atomic E-state index is 0.107. The third kappa shape index (κ3) is 1.90. The van der Waals surface area contributed by atoms with Gasteiger partial charge in [-0.15, -0.1) is 0 Å². The molecule has 15 heavy (non-hydrogen) atoms. The van der Waals surface area contributed by atoms with Crippen molar-refractivity contribution in [2.75, 3.05) is 0 Å². The van der Waals surface area contributed by atoms with Gasteiger partial charge in [0.25, 0.3) is 0 Å². The number of hydrogen-bond acceptors (Lipinski definition) is 4. The molecule has 84 valence electrons. The molecule has 0 amide bonds. The third-order valence-corrected chi connectivity index (χ3v) is 2.61. The van der Waals surface area contributed by atoms with Gasteiger partial charge in [0.05, 0.1) is 6.10 Å². The molecule has 0 bridgehead atoms. The number of carboxylic acid groups (broad SMARTS) is 1. The van der Waals surface area contributed by atoms with Crippen molar-refractivity contribution in [1.29, 1.82) is 0 Å². The van der Waals surface area contributed by atoms with E-state index in [0.717, 1.165) is 0 Å². The summed E-state index contributed by atoms with van der Waals surface area (Å²) < 4.78 is 11.0. The first-order valence-electron chi connectivity index (χ1n) is 4.87. The van der Waals surface area contributed by atoms with E-state index in [1.807, 2.05) is 0 Å². The second kappa shape index (κ2) is 3.30. The summed E-state index contributed by atoms with van der Waals surface area (Å²) in [7, 11) is 0. The predicted molar refractivity (Wildman–Crippen MR) is 50.2 cm³/mol. The zero-order chi connectivity index (χ0) is 11.2. The topological polar surface area (TPSA) is 76.0 Å². The van der Waals surface area contributed by atoms with Crippen LogP contribution < -0.4 is 0 Å². The van der Waals surface area contributed by atoms with Gasteiger partial charge in [0.1, 0.15) is 12.2 Å². The smallest absolute Gasteiger partial charge is 0.331 e. The number of carbonyl (C=O) groups is 1. The SMILES string of the molecule is CC1(C)OC2C=C(C(=O)O)CC(O)C2O1. The van der Waals surface area contributed by atoms with Gasteiger partial charge in [-0.3, -0.25) is 0 Å². The van der Waals surface area contributed by atoms with Crippen molar-refractivity contribution < 1.29 is 24.5 Å². The Balaban J connectivity index is 2.24. The molecule has 1 aliphatic heterocycles. The fraction of sp³-hybridized carbons (Fsp3) is 0.700. The quantitative estimate of drug-likeness (QED) is 0.655. The van der Waals surface area contributed by atoms with Crippen molar-refractivity contribution in [3.05, 3.63) is 11.6 Å². The van der Waals surface area contributed by atoms with Crippen LogP contribution in [0.3, 0.4) is 0 Å². The zero-order valence-electron chi connectivity index (χ0n) is 8.64. The van der Waals surface area contributed by atoms with Crippen molar-refractivity contribution in [2.45, 2.75) is 44.4 Å². The molecule has 0 aromatic heterocycles. The average Bonchev–Trinajstić information content (AvgIpc) is 2.39. The molecule has 0 aromatic rings. The van der Waals surface area contributed by atoms with Crippen molar-refractivity contribution in [1.82, 2.24) is 0 Å². The largest absolute Gasteiger partial charge is 0.478 e. The van der Waals surface area contributed by atoms with Gasteiger partial charge < -0.3 is 19.7 Å². The van der Waals surface area contributed by atoms with Crippen molar-refractivity contribution in [3.63, 3.8) is 0 Å². The molecule has 2 aliphatic rings. The Morgan fingerprint density at radius 2 is 2.20 bits per heavy atom. The van der Waals surface area contributed by atoms with Crippen LogP contribution in [0.5, 0.6) is 0 Å². The Labute approximate surface area is 87.3 Å². The van der Waals surface area contributed by atoms with Crippen molar-refractivity contribution in [2.24, 2.45) is 0 Å². The maximum atomic E-state index is 10.8. The summed E-state index contributed by atoms with van der Waals surface area (Å²) in [6, 6.07) is 0. The highest BCUT2D eigenvalue weighted by Crippen LogP contribution is 2.35. The number of fused-ring (bicyclic) bond motifs is 1. The first kappa shape index (κ1) is 10.6. The van der Waals surface area contributed by atoms with E-state index in [1.54, 1.807) is 13.8 Å². The van der Waals surface area contributed by atoms with Crippen molar-refractivity contribution >= 4 is 5.97 Å². The number of aliphatic carboxylic acids is 1. The fourth-order valence-corrected chi connectivity index (χ4v) is 2.01. The van der Waals surface area contributed by atoms with Gasteiger partial charge in [0.15, 0.2) is 5.79 Å². The first-order valence-corrected chi connectivity index (χ1v) is 4.87. The number of carboxylic acids is 1. The lowest BCUT2D eigenvalue weighted by Gasteiger charge is -2.25. The first-order chi connectivity index (χ1) is 6.89. The summed E-state index contributed by atoms with van der Waals surface area (Å²) in [6.45, 7) is 3.48. The van der Waals surface area contributed by atoms with Gasteiger partial charge in [-0.05, 0) is 19.9 Å². The van der Waals surface area contributed by atoms with Gasteiger partial charge in [-0.2, -0.15) is 0 Å². The van der Waals surface area contributed by atoms with Gasteiger partial charge in [-0.25, -0.2) is 4.79 Å². The molecule has 1 aliphatic carbocycles. The average molecular weight is 214 g/mol. The molecule has 1 fully saturated rings. The highest BCUT2D eigenvalue weighted by molar-refractivity contribution is 5.87. The summed E-state index contributed by atoms with van der Waals surface area (Å²) in [5, 5.41) is 18.6. The fourth-order valence-electron chi connectivity index (χ4n) is 2.01. The van der Waals surface area contributed by atoms with E-state index in [1.165, 1.54) is 6.08 Å². The van der Waals surface area contributed by atoms with Crippen LogP contribution in [0.15, 0.2) is 11.6 Å². The summed E-state index contributed by atoms with van der Waals surface area (Å²) >= 11 is 0. The number of aliphatic hydroxyl groups excluding tert-OH is 1. The number of rotatable bonds is 1. The normalized spacial score (nSPS) is 38.3. The molecule has 5 nitrogen and oxygen atoms in total. The maximum absolute atomic E-state index is 10.8. The second-order valence-corrected chi connectivity index (χ2v) is 4.33. The lowest BCUT2D eigenvalue weighted by molar-refractivity contribution is -0.152. The lowest BCUT2D eigenvalue weighted by Crippen LogP contribution is -2.39. The Hall–Kier alpha value is -0.910. The van der Waals surface area contributed by atoms with E-state index in [2.05, 4.69) is 0 Å². The molecule has 0 aromatic carbocycles. The third-order valence-electron chi connectivity index (χ3n) is 2.61. The molecule has 1 saturated heterocycles. The summed E-state index contributed by atoms with van der Waals surface area (Å²) in [4.78, 5) is 10.8. The van der Waals surface area contributed by atoms with Crippen LogP contribution in [0.4, 0.5) is 0 Å². The summed E-state index contributed by atoms with van der Waals surface area (Å²) in [5.74, 6) is -1.78. The van der Waals surface area contributed by atoms with Gasteiger partial charge in [-0.1, -0.05) is 0 Å². The monoisotopic (exact) mass is 214 g/mol. The van der Waals surface area contributed by atoms with E-state index < -0.39 is 30.1 Å². The van der Waals surface area contributed by atoms with Crippen LogP contribution in [0, 0.1) is 0 Å². The van der Waals surface area contributed by atoms with Gasteiger partial charge in [0, 0.05) is 12.0 Å². The minimum atomic E-state index is -1.01. The molecular weight excluding hydrogens is 200 g/mol. The molecule has 2 N–H and O–H groups in total. The van der Waals surface area contributed by atoms with Crippen molar-refractivity contribution in [3.8, 4) is 0 Å². The van der Waals surface area contributed by atoms with Crippen LogP contribution in [-0.4, -0.2) is 40.3 Å². The standard InChI is InChI=1S/C10H14O5/c1-10(2)14-7-4-5(9(12)13)3-6(11)8(7)15-10/h4,6-8,11H,3H2,1-2H3,(H,12,13). The Morgan fingerprint density at radius 1 is 1.53 bits per heavy atom. The Kier molecular flexibility index (Phi) is 2.33. The van der Waals surface area contributed by atoms with E-state index in [0.29, 0.717) is 0 Å². The van der Waals surface area contributed by atoms with Gasteiger partial charge >= 0.3 is 5.97 Å². The zero-order valence-corrected chi connectivity index (χ0v) is 8.64. The highest BCUT2D eigenvalue weighted by Gasteiger charge is 2.46. The Bertz CT molecular complexity index is 320. The summed E-state index contributed by atoms with van der Waals surface area (Å²) in [5.41, 5.74) is 0.185. The van der Waals surface area contributed by atoms with Crippen LogP contribution in [0.2, 0.25) is 0 Å². The number of aliphatic hydroxyl groups is 1. The molecule has 3 atom stereocenters. The van der Waals surface area contributed by atoms with Crippen LogP contribution in [-0.2, 0) is 14.3 Å². The molecule has 0 spiro atoms. The van der Waals surface area contributed by atoms with Gasteiger partial charge in [0.2, 0.25) is 0 Å². The molecule has 2 rings (SSSR count). The maximum Gasteiger partial charge on any atom is 0.331 e. The predicted octanol–water partition coefficient (Wildman–Crippen LogP) is 0.282. The highest BCUT2D eigenvalue weighted by atomic mass is 16.8. The second-order valence-electron chi connectivity index (χ2n) is 4.33. The van der Waals surface area contributed by atoms with E-state index in [4.69, 9.17) is 14.6 Å². The van der Waals surface area contributed by atoms with Crippen LogP contribution in [0.25, 0.3) is 0 Å². The molecular formula is C10H14O5. The molecule has 0 saturated carbocycles. The summed E-state index contributed by atoms with van der Waals surface area (Å²) in [6.07, 6.45) is -0.101. The van der Waals surface area contributed by atoms with Crippen LogP contribution >= 0.6 is 0 Å². The van der Waals surface area contributed by atoms with E-state index in [9.17, 15) is 9.90 Å².